The number of urea groups is 1. The number of carbonyl (C=O) groups is 2. The van der Waals surface area contributed by atoms with Gasteiger partial charge in [0.2, 0.25) is 0 Å². The number of sulfonamides is 1. The van der Waals surface area contributed by atoms with E-state index in [-0.39, 0.29) is 47.9 Å². The predicted molar refractivity (Wildman–Crippen MR) is 156 cm³/mol. The number of aromatic nitrogens is 2. The normalized spacial score (nSPS) is 18.0. The molecule has 0 saturated carbocycles. The fourth-order valence-electron chi connectivity index (χ4n) is 4.52. The smallest absolute Gasteiger partial charge is 0.323 e. The molecule has 0 unspecified atom stereocenters. The van der Waals surface area contributed by atoms with Gasteiger partial charge < -0.3 is 34.7 Å². The van der Waals surface area contributed by atoms with Crippen LogP contribution in [0.4, 0.5) is 16.2 Å². The number of hydrogen-bond acceptors (Lipinski definition) is 8. The highest BCUT2D eigenvalue weighted by Crippen LogP contribution is 2.31. The number of methoxy groups -OCH3 is 1. The van der Waals surface area contributed by atoms with Gasteiger partial charge in [-0.25, -0.2) is 18.2 Å². The largest absolute Gasteiger partial charge is 0.497 e. The quantitative estimate of drug-likeness (QED) is 0.339. The van der Waals surface area contributed by atoms with E-state index in [0.29, 0.717) is 17.1 Å². The Bertz CT molecular complexity index is 1530. The van der Waals surface area contributed by atoms with Crippen molar-refractivity contribution in [3.63, 3.8) is 0 Å². The van der Waals surface area contributed by atoms with Crippen LogP contribution in [0.5, 0.6) is 11.5 Å². The number of aliphatic hydroxyl groups is 1. The summed E-state index contributed by atoms with van der Waals surface area (Å²) < 4.78 is 40.4. The number of nitrogens with one attached hydrogen (secondary N) is 2. The topological polar surface area (TPSA) is 155 Å². The zero-order chi connectivity index (χ0) is 30.6. The molecule has 226 valence electrons. The molecule has 1 aliphatic rings. The van der Waals surface area contributed by atoms with Crippen LogP contribution >= 0.6 is 0 Å². The maximum absolute atomic E-state index is 13.7. The predicted octanol–water partition coefficient (Wildman–Crippen LogP) is 2.61. The number of ether oxygens (including phenoxy) is 2. The number of anilines is 2. The molecule has 2 heterocycles. The molecule has 0 saturated heterocycles. The van der Waals surface area contributed by atoms with Crippen molar-refractivity contribution in [2.45, 2.75) is 31.0 Å². The van der Waals surface area contributed by atoms with Crippen LogP contribution in [0, 0.1) is 5.92 Å². The van der Waals surface area contributed by atoms with Crippen LogP contribution in [-0.2, 0) is 17.1 Å². The van der Waals surface area contributed by atoms with Gasteiger partial charge in [-0.2, -0.15) is 4.31 Å². The number of carbonyl (C=O) groups excluding carboxylic acids is 2. The van der Waals surface area contributed by atoms with Crippen molar-refractivity contribution >= 4 is 33.3 Å². The molecule has 3 atom stereocenters. The molecule has 42 heavy (non-hydrogen) atoms. The summed E-state index contributed by atoms with van der Waals surface area (Å²) in [6.45, 7) is 3.51. The molecule has 3 amide bonds. The van der Waals surface area contributed by atoms with Gasteiger partial charge in [0, 0.05) is 44.1 Å². The average molecular weight is 601 g/mol. The molecule has 13 nitrogen and oxygen atoms in total. The van der Waals surface area contributed by atoms with E-state index in [1.807, 2.05) is 6.92 Å². The van der Waals surface area contributed by atoms with Gasteiger partial charge in [-0.05, 0) is 49.4 Å². The number of nitrogens with zero attached hydrogens (tertiary/aromatic N) is 4. The monoisotopic (exact) mass is 600 g/mol. The lowest BCUT2D eigenvalue weighted by atomic mass is 9.99. The zero-order valence-corrected chi connectivity index (χ0v) is 25.0. The van der Waals surface area contributed by atoms with Gasteiger partial charge in [0.25, 0.3) is 15.9 Å². The van der Waals surface area contributed by atoms with Gasteiger partial charge in [0.15, 0.2) is 5.03 Å². The summed E-state index contributed by atoms with van der Waals surface area (Å²) in [6.07, 6.45) is 2.19. The van der Waals surface area contributed by atoms with Crippen LogP contribution in [0.1, 0.15) is 24.2 Å². The first kappa shape index (κ1) is 30.8. The number of fused-ring (bicyclic) bond motifs is 1. The fraction of sp³-hybridized carbons (Fsp3) is 0.393. The first-order chi connectivity index (χ1) is 19.9. The maximum Gasteiger partial charge on any atom is 0.323 e. The molecule has 1 aromatic heterocycles. The van der Waals surface area contributed by atoms with Crippen molar-refractivity contribution in [3.05, 3.63) is 60.6 Å². The van der Waals surface area contributed by atoms with Crippen LogP contribution in [0.3, 0.4) is 0 Å². The highest BCUT2D eigenvalue weighted by atomic mass is 32.2. The van der Waals surface area contributed by atoms with E-state index in [4.69, 9.17) is 9.47 Å². The number of likely N-dealkylation sites (N-methyl/N-ethyl adjacent to an activating group) is 1. The van der Waals surface area contributed by atoms with Crippen LogP contribution in [0.15, 0.2) is 60.0 Å². The summed E-state index contributed by atoms with van der Waals surface area (Å²) in [5, 5.41) is 15.3. The first-order valence-corrected chi connectivity index (χ1v) is 14.8. The molecule has 0 spiro atoms. The SMILES string of the molecule is COc1ccc(NC(=O)Nc2ccc3c(c2)C(=O)N([C@H](C)CO)C[C@H](C)[C@H](CN(C)S(=O)(=O)c2cn(C)cn2)O3)cc1. The third kappa shape index (κ3) is 6.83. The maximum atomic E-state index is 13.7. The number of amides is 3. The van der Waals surface area contributed by atoms with Gasteiger partial charge in [-0.1, -0.05) is 6.92 Å². The Hall–Kier alpha value is -4.14. The minimum atomic E-state index is -3.90. The number of aryl methyl sites for hydroxylation is 1. The van der Waals surface area contributed by atoms with Crippen molar-refractivity contribution < 1.29 is 32.6 Å². The van der Waals surface area contributed by atoms with Gasteiger partial charge in [-0.15, -0.1) is 0 Å². The van der Waals surface area contributed by atoms with E-state index in [0.717, 1.165) is 0 Å². The van der Waals surface area contributed by atoms with Gasteiger partial charge in [0.05, 0.1) is 38.2 Å². The highest BCUT2D eigenvalue weighted by Gasteiger charge is 2.35. The Morgan fingerprint density at radius 2 is 1.88 bits per heavy atom. The van der Waals surface area contributed by atoms with Crippen molar-refractivity contribution in [1.82, 2.24) is 18.8 Å². The van der Waals surface area contributed by atoms with Gasteiger partial charge >= 0.3 is 6.03 Å². The first-order valence-electron chi connectivity index (χ1n) is 13.3. The zero-order valence-electron chi connectivity index (χ0n) is 24.1. The number of rotatable bonds is 9. The van der Waals surface area contributed by atoms with Crippen LogP contribution < -0.4 is 20.1 Å². The second-order valence-electron chi connectivity index (χ2n) is 10.3. The summed E-state index contributed by atoms with van der Waals surface area (Å²) in [5.41, 5.74) is 1.06. The summed E-state index contributed by atoms with van der Waals surface area (Å²) in [6, 6.07) is 10.4. The van der Waals surface area contributed by atoms with E-state index in [2.05, 4.69) is 15.6 Å². The second-order valence-corrected chi connectivity index (χ2v) is 12.3. The van der Waals surface area contributed by atoms with Crippen molar-refractivity contribution in [3.8, 4) is 11.5 Å². The Balaban J connectivity index is 1.59. The molecule has 14 heteroatoms. The van der Waals surface area contributed by atoms with Crippen molar-refractivity contribution in [2.24, 2.45) is 13.0 Å². The molecule has 0 radical (unpaired) electrons. The molecular formula is C28H36N6O7S. The number of aliphatic hydroxyl groups excluding tert-OH is 1. The second kappa shape index (κ2) is 12.8. The van der Waals surface area contributed by atoms with Crippen LogP contribution in [-0.4, -0.2) is 90.2 Å². The van der Waals surface area contributed by atoms with E-state index >= 15 is 0 Å². The van der Waals surface area contributed by atoms with E-state index in [1.165, 1.54) is 34.8 Å². The molecule has 0 aliphatic carbocycles. The Labute approximate surface area is 245 Å². The third-order valence-corrected chi connectivity index (χ3v) is 8.77. The highest BCUT2D eigenvalue weighted by molar-refractivity contribution is 7.89. The van der Waals surface area contributed by atoms with Gasteiger partial charge in [0.1, 0.15) is 17.6 Å². The Kier molecular flexibility index (Phi) is 9.39. The average Bonchev–Trinajstić information content (AvgIpc) is 3.42. The summed E-state index contributed by atoms with van der Waals surface area (Å²) in [7, 11) is 0.790. The molecule has 0 bridgehead atoms. The third-order valence-electron chi connectivity index (χ3n) is 7.06. The Morgan fingerprint density at radius 3 is 2.50 bits per heavy atom. The fourth-order valence-corrected chi connectivity index (χ4v) is 5.66. The molecule has 0 fully saturated rings. The molecule has 2 aromatic carbocycles. The van der Waals surface area contributed by atoms with Gasteiger partial charge in [-0.3, -0.25) is 4.79 Å². The standard InChI is InChI=1S/C28H36N6O7S/c1-18-13-34(19(2)16-35)27(36)23-12-21(31-28(37)30-20-6-9-22(40-5)10-7-20)8-11-24(23)41-25(18)14-33(4)42(38,39)26-15-32(3)17-29-26/h6-12,15,17-19,25,35H,13-14,16H2,1-5H3,(H2,30,31,37)/t18-,19+,25-/m0/s1. The van der Waals surface area contributed by atoms with Crippen LogP contribution in [0.2, 0.25) is 0 Å². The number of imidazole rings is 1. The van der Waals surface area contributed by atoms with E-state index < -0.39 is 28.2 Å². The van der Waals surface area contributed by atoms with Crippen LogP contribution in [0.25, 0.3) is 0 Å². The lowest BCUT2D eigenvalue weighted by Crippen LogP contribution is -2.50. The summed E-state index contributed by atoms with van der Waals surface area (Å²) in [5.74, 6) is 0.198. The van der Waals surface area contributed by atoms with E-state index in [1.54, 1.807) is 62.0 Å². The number of hydrogen-bond donors (Lipinski definition) is 3. The lowest BCUT2D eigenvalue weighted by Gasteiger charge is -2.38. The van der Waals surface area contributed by atoms with E-state index in [9.17, 15) is 23.1 Å². The summed E-state index contributed by atoms with van der Waals surface area (Å²) in [4.78, 5) is 31.9. The summed E-state index contributed by atoms with van der Waals surface area (Å²) >= 11 is 0. The molecule has 1 aliphatic heterocycles. The Morgan fingerprint density at radius 1 is 1.21 bits per heavy atom. The number of benzene rings is 2. The minimum Gasteiger partial charge on any atom is -0.497 e. The minimum absolute atomic E-state index is 0.0146. The molecule has 4 rings (SSSR count). The van der Waals surface area contributed by atoms with Crippen molar-refractivity contribution in [1.29, 1.82) is 0 Å². The lowest BCUT2D eigenvalue weighted by molar-refractivity contribution is 0.0387. The molecule has 3 aromatic rings. The molecule has 3 N–H and O–H groups in total. The molecular weight excluding hydrogens is 564 g/mol. The van der Waals surface area contributed by atoms with Crippen molar-refractivity contribution in [2.75, 3.05) is 44.5 Å².